The van der Waals surface area contributed by atoms with Gasteiger partial charge < -0.3 is 9.84 Å². The van der Waals surface area contributed by atoms with Crippen molar-refractivity contribution >= 4 is 17.6 Å². The zero-order valence-corrected chi connectivity index (χ0v) is 9.31. The second-order valence-electron chi connectivity index (χ2n) is 3.65. The number of methoxy groups -OCH3 is 1. The molecule has 0 saturated heterocycles. The first-order chi connectivity index (χ1) is 7.32. The summed E-state index contributed by atoms with van der Waals surface area (Å²) < 4.78 is 4.79. The van der Waals surface area contributed by atoms with E-state index in [1.807, 2.05) is 0 Å². The standard InChI is InChI=1S/C10H13NO5/c1-6(12)5-10(15)7(16-3)4-8(13)11(2)9(10)14/h4,15H,5H2,1-3H3/t10-/m1/s1. The first-order valence-electron chi connectivity index (χ1n) is 4.63. The number of carbonyl (C=O) groups excluding carboxylic acids is 3. The number of nitrogens with zero attached hydrogens (tertiary/aromatic N) is 1. The second kappa shape index (κ2) is 4.05. The second-order valence-corrected chi connectivity index (χ2v) is 3.65. The molecular weight excluding hydrogens is 214 g/mol. The van der Waals surface area contributed by atoms with Gasteiger partial charge in [0.2, 0.25) is 5.60 Å². The fourth-order valence-corrected chi connectivity index (χ4v) is 1.56. The molecule has 6 heteroatoms. The third-order valence-corrected chi connectivity index (χ3v) is 2.38. The first kappa shape index (κ1) is 12.4. The fourth-order valence-electron chi connectivity index (χ4n) is 1.56. The molecule has 0 radical (unpaired) electrons. The lowest BCUT2D eigenvalue weighted by atomic mass is 9.90. The molecule has 6 nitrogen and oxygen atoms in total. The number of carbonyl (C=O) groups is 3. The summed E-state index contributed by atoms with van der Waals surface area (Å²) in [5.41, 5.74) is -2.07. The summed E-state index contributed by atoms with van der Waals surface area (Å²) in [4.78, 5) is 34.8. The largest absolute Gasteiger partial charge is 0.497 e. The molecular formula is C10H13NO5. The molecule has 0 spiro atoms. The molecule has 2 amide bonds. The Bertz CT molecular complexity index is 387. The molecule has 1 N–H and O–H groups in total. The maximum Gasteiger partial charge on any atom is 0.269 e. The van der Waals surface area contributed by atoms with Gasteiger partial charge in [0.1, 0.15) is 11.5 Å². The highest BCUT2D eigenvalue weighted by Crippen LogP contribution is 2.28. The van der Waals surface area contributed by atoms with Crippen molar-refractivity contribution in [2.75, 3.05) is 14.2 Å². The monoisotopic (exact) mass is 227 g/mol. The van der Waals surface area contributed by atoms with Crippen LogP contribution in [-0.2, 0) is 19.1 Å². The lowest BCUT2D eigenvalue weighted by Gasteiger charge is -2.33. The molecule has 0 aliphatic carbocycles. The minimum atomic E-state index is -2.07. The number of rotatable bonds is 3. The predicted molar refractivity (Wildman–Crippen MR) is 53.1 cm³/mol. The Morgan fingerprint density at radius 1 is 1.56 bits per heavy atom. The Kier molecular flexibility index (Phi) is 3.14. The molecule has 16 heavy (non-hydrogen) atoms. The van der Waals surface area contributed by atoms with Crippen molar-refractivity contribution in [2.24, 2.45) is 0 Å². The van der Waals surface area contributed by atoms with Gasteiger partial charge in [-0.25, -0.2) is 0 Å². The van der Waals surface area contributed by atoms with Crippen LogP contribution in [0.2, 0.25) is 0 Å². The van der Waals surface area contributed by atoms with Gasteiger partial charge in [-0.2, -0.15) is 0 Å². The Morgan fingerprint density at radius 2 is 2.12 bits per heavy atom. The van der Waals surface area contributed by atoms with Crippen molar-refractivity contribution in [3.63, 3.8) is 0 Å². The number of likely N-dealkylation sites (N-methyl/N-ethyl adjacent to an activating group) is 1. The Labute approximate surface area is 92.5 Å². The summed E-state index contributed by atoms with van der Waals surface area (Å²) >= 11 is 0. The molecule has 0 unspecified atom stereocenters. The van der Waals surface area contributed by atoms with Crippen LogP contribution in [0.5, 0.6) is 0 Å². The third kappa shape index (κ3) is 1.83. The van der Waals surface area contributed by atoms with E-state index < -0.39 is 23.8 Å². The van der Waals surface area contributed by atoms with E-state index in [0.29, 0.717) is 0 Å². The van der Waals surface area contributed by atoms with Crippen molar-refractivity contribution in [1.82, 2.24) is 4.90 Å². The van der Waals surface area contributed by atoms with E-state index in [0.717, 1.165) is 11.0 Å². The van der Waals surface area contributed by atoms with Gasteiger partial charge in [-0.15, -0.1) is 0 Å². The van der Waals surface area contributed by atoms with E-state index in [-0.39, 0.29) is 11.5 Å². The minimum absolute atomic E-state index is 0.198. The predicted octanol–water partition coefficient (Wildman–Crippen LogP) is -0.775. The van der Waals surface area contributed by atoms with Crippen molar-refractivity contribution in [2.45, 2.75) is 18.9 Å². The minimum Gasteiger partial charge on any atom is -0.497 e. The van der Waals surface area contributed by atoms with Gasteiger partial charge >= 0.3 is 0 Å². The van der Waals surface area contributed by atoms with Crippen LogP contribution in [0, 0.1) is 0 Å². The number of ketones is 1. The number of hydrogen-bond acceptors (Lipinski definition) is 5. The van der Waals surface area contributed by atoms with Gasteiger partial charge in [-0.1, -0.05) is 0 Å². The van der Waals surface area contributed by atoms with E-state index >= 15 is 0 Å². The lowest BCUT2D eigenvalue weighted by molar-refractivity contribution is -0.160. The zero-order chi connectivity index (χ0) is 12.5. The molecule has 1 rings (SSSR count). The van der Waals surface area contributed by atoms with Crippen molar-refractivity contribution in [3.8, 4) is 0 Å². The molecule has 0 aromatic heterocycles. The fraction of sp³-hybridized carbons (Fsp3) is 0.500. The molecule has 0 aromatic carbocycles. The molecule has 88 valence electrons. The Morgan fingerprint density at radius 3 is 2.56 bits per heavy atom. The third-order valence-electron chi connectivity index (χ3n) is 2.38. The van der Waals surface area contributed by atoms with Gasteiger partial charge in [-0.3, -0.25) is 19.3 Å². The average molecular weight is 227 g/mol. The summed E-state index contributed by atoms with van der Waals surface area (Å²) in [5.74, 6) is -2.01. The smallest absolute Gasteiger partial charge is 0.269 e. The highest BCUT2D eigenvalue weighted by molar-refractivity contribution is 6.09. The van der Waals surface area contributed by atoms with Gasteiger partial charge in [0.15, 0.2) is 0 Å². The van der Waals surface area contributed by atoms with Crippen molar-refractivity contribution in [1.29, 1.82) is 0 Å². The van der Waals surface area contributed by atoms with Crippen LogP contribution in [0.1, 0.15) is 13.3 Å². The van der Waals surface area contributed by atoms with E-state index in [1.54, 1.807) is 0 Å². The van der Waals surface area contributed by atoms with Crippen LogP contribution in [0.3, 0.4) is 0 Å². The molecule has 1 aliphatic heterocycles. The number of Topliss-reactive ketones (excluding diaryl/α,β-unsaturated/α-hetero) is 1. The summed E-state index contributed by atoms with van der Waals surface area (Å²) in [6.07, 6.45) is 0.591. The van der Waals surface area contributed by atoms with Gasteiger partial charge in [0.25, 0.3) is 11.8 Å². The van der Waals surface area contributed by atoms with Crippen LogP contribution in [0.15, 0.2) is 11.8 Å². The van der Waals surface area contributed by atoms with E-state index in [2.05, 4.69) is 0 Å². The van der Waals surface area contributed by atoms with Gasteiger partial charge in [0.05, 0.1) is 13.5 Å². The molecule has 1 heterocycles. The highest BCUT2D eigenvalue weighted by atomic mass is 16.5. The van der Waals surface area contributed by atoms with Gasteiger partial charge in [-0.05, 0) is 6.92 Å². The molecule has 0 saturated carbocycles. The van der Waals surface area contributed by atoms with Crippen LogP contribution in [-0.4, -0.2) is 47.4 Å². The van der Waals surface area contributed by atoms with E-state index in [9.17, 15) is 19.5 Å². The van der Waals surface area contributed by atoms with Crippen molar-refractivity contribution in [3.05, 3.63) is 11.8 Å². The number of hydrogen-bond donors (Lipinski definition) is 1. The van der Waals surface area contributed by atoms with E-state index in [1.165, 1.54) is 21.1 Å². The molecule has 1 atom stereocenters. The highest BCUT2D eigenvalue weighted by Gasteiger charge is 2.48. The van der Waals surface area contributed by atoms with Crippen molar-refractivity contribution < 1.29 is 24.2 Å². The average Bonchev–Trinajstić information content (AvgIpc) is 2.20. The Hall–Kier alpha value is -1.69. The quantitative estimate of drug-likeness (QED) is 0.640. The van der Waals surface area contributed by atoms with E-state index in [4.69, 9.17) is 4.74 Å². The SMILES string of the molecule is COC1=CC(=O)N(C)C(=O)[C@@]1(O)CC(C)=O. The first-order valence-corrected chi connectivity index (χ1v) is 4.63. The number of ether oxygens (including phenoxy) is 1. The zero-order valence-electron chi connectivity index (χ0n) is 9.31. The summed E-state index contributed by atoms with van der Waals surface area (Å²) in [5, 5.41) is 10.1. The van der Waals surface area contributed by atoms with Crippen LogP contribution < -0.4 is 0 Å². The summed E-state index contributed by atoms with van der Waals surface area (Å²) in [6, 6.07) is 0. The normalized spacial score (nSPS) is 25.5. The Balaban J connectivity index is 3.22. The van der Waals surface area contributed by atoms with Crippen LogP contribution in [0.4, 0.5) is 0 Å². The number of amides is 2. The van der Waals surface area contributed by atoms with Crippen LogP contribution >= 0.6 is 0 Å². The number of imide groups is 1. The molecule has 1 aliphatic rings. The molecule has 0 bridgehead atoms. The molecule has 0 fully saturated rings. The summed E-state index contributed by atoms with van der Waals surface area (Å²) in [6.45, 7) is 1.24. The summed E-state index contributed by atoms with van der Waals surface area (Å²) in [7, 11) is 2.46. The van der Waals surface area contributed by atoms with Gasteiger partial charge in [0, 0.05) is 13.1 Å². The maximum absolute atomic E-state index is 11.7. The lowest BCUT2D eigenvalue weighted by Crippen LogP contribution is -2.55. The maximum atomic E-state index is 11.7. The number of aliphatic hydroxyl groups is 1. The topological polar surface area (TPSA) is 83.9 Å². The molecule has 0 aromatic rings. The van der Waals surface area contributed by atoms with Crippen LogP contribution in [0.25, 0.3) is 0 Å².